The summed E-state index contributed by atoms with van der Waals surface area (Å²) in [4.78, 5) is 4.50. The molecule has 0 unspecified atom stereocenters. The maximum Gasteiger partial charge on any atom is 0.0897 e. The first-order valence-electron chi connectivity index (χ1n) is 7.41. The van der Waals surface area contributed by atoms with Gasteiger partial charge >= 0.3 is 0 Å². The smallest absolute Gasteiger partial charge is 0.0897 e. The minimum atomic E-state index is 0.695. The summed E-state index contributed by atoms with van der Waals surface area (Å²) in [6.07, 6.45) is 3.61. The largest absolute Gasteiger partial charge is 0.314 e. The molecule has 0 bridgehead atoms. The predicted molar refractivity (Wildman–Crippen MR) is 85.5 cm³/mol. The molecule has 3 heteroatoms. The molecule has 0 saturated heterocycles. The minimum absolute atomic E-state index is 0.695. The molecule has 1 N–H and O–H groups in total. The highest BCUT2D eigenvalue weighted by Crippen LogP contribution is 2.36. The van der Waals surface area contributed by atoms with E-state index in [0.717, 1.165) is 18.9 Å². The lowest BCUT2D eigenvalue weighted by Gasteiger charge is -2.36. The molecule has 1 aliphatic carbocycles. The Morgan fingerprint density at radius 1 is 1.20 bits per heavy atom. The van der Waals surface area contributed by atoms with Crippen LogP contribution in [0.5, 0.6) is 0 Å². The van der Waals surface area contributed by atoms with Crippen LogP contribution in [0.2, 0.25) is 0 Å². The molecule has 106 valence electrons. The molecule has 0 radical (unpaired) electrons. The van der Waals surface area contributed by atoms with Crippen molar-refractivity contribution in [2.45, 2.75) is 45.1 Å². The van der Waals surface area contributed by atoms with E-state index in [1.807, 2.05) is 0 Å². The van der Waals surface area contributed by atoms with Gasteiger partial charge in [0.1, 0.15) is 0 Å². The quantitative estimate of drug-likeness (QED) is 0.903. The molecule has 0 amide bonds. The number of hydrogen-bond acceptors (Lipinski definition) is 3. The van der Waals surface area contributed by atoms with Crippen molar-refractivity contribution in [1.29, 1.82) is 0 Å². The molecule has 1 aromatic carbocycles. The van der Waals surface area contributed by atoms with Crippen LogP contribution < -0.4 is 5.32 Å². The maximum atomic E-state index is 4.50. The Hall–Kier alpha value is -1.19. The zero-order chi connectivity index (χ0) is 13.9. The van der Waals surface area contributed by atoms with Crippen molar-refractivity contribution in [3.63, 3.8) is 0 Å². The third kappa shape index (κ3) is 3.28. The SMILES string of the molecule is Cc1ccc(C2CC(NCCc3csc(C)n3)C2)cc1. The van der Waals surface area contributed by atoms with Gasteiger partial charge in [-0.25, -0.2) is 4.98 Å². The van der Waals surface area contributed by atoms with Crippen molar-refractivity contribution in [1.82, 2.24) is 10.3 Å². The number of benzene rings is 1. The minimum Gasteiger partial charge on any atom is -0.314 e. The molecule has 0 aliphatic heterocycles. The van der Waals surface area contributed by atoms with Gasteiger partial charge in [-0.05, 0) is 38.2 Å². The molecule has 20 heavy (non-hydrogen) atoms. The Kier molecular flexibility index (Phi) is 4.18. The fourth-order valence-corrected chi connectivity index (χ4v) is 3.47. The average Bonchev–Trinajstić information content (AvgIpc) is 2.80. The first-order valence-corrected chi connectivity index (χ1v) is 8.29. The molecule has 0 spiro atoms. The Balaban J connectivity index is 1.39. The first kappa shape index (κ1) is 13.8. The average molecular weight is 286 g/mol. The predicted octanol–water partition coefficient (Wildman–Crippen LogP) is 3.84. The summed E-state index contributed by atoms with van der Waals surface area (Å²) in [6, 6.07) is 9.71. The van der Waals surface area contributed by atoms with E-state index in [1.165, 1.54) is 34.7 Å². The lowest BCUT2D eigenvalue weighted by atomic mass is 9.76. The maximum absolute atomic E-state index is 4.50. The molecular formula is C17H22N2S. The number of nitrogens with one attached hydrogen (secondary N) is 1. The molecule has 3 rings (SSSR count). The zero-order valence-electron chi connectivity index (χ0n) is 12.2. The molecule has 1 heterocycles. The monoisotopic (exact) mass is 286 g/mol. The second-order valence-electron chi connectivity index (χ2n) is 5.84. The van der Waals surface area contributed by atoms with Gasteiger partial charge in [0.2, 0.25) is 0 Å². The van der Waals surface area contributed by atoms with E-state index in [2.05, 4.69) is 53.8 Å². The van der Waals surface area contributed by atoms with Crippen molar-refractivity contribution >= 4 is 11.3 Å². The third-order valence-electron chi connectivity index (χ3n) is 4.17. The molecule has 1 fully saturated rings. The van der Waals surface area contributed by atoms with Crippen LogP contribution in [-0.4, -0.2) is 17.6 Å². The van der Waals surface area contributed by atoms with E-state index in [1.54, 1.807) is 11.3 Å². The van der Waals surface area contributed by atoms with Crippen molar-refractivity contribution in [3.8, 4) is 0 Å². The van der Waals surface area contributed by atoms with Gasteiger partial charge in [-0.2, -0.15) is 0 Å². The van der Waals surface area contributed by atoms with Gasteiger partial charge in [0.25, 0.3) is 0 Å². The van der Waals surface area contributed by atoms with Crippen LogP contribution in [0, 0.1) is 13.8 Å². The van der Waals surface area contributed by atoms with Crippen molar-refractivity contribution < 1.29 is 0 Å². The van der Waals surface area contributed by atoms with E-state index in [9.17, 15) is 0 Å². The van der Waals surface area contributed by atoms with Gasteiger partial charge in [0.05, 0.1) is 10.7 Å². The van der Waals surface area contributed by atoms with Gasteiger partial charge in [0.15, 0.2) is 0 Å². The van der Waals surface area contributed by atoms with Crippen LogP contribution in [-0.2, 0) is 6.42 Å². The zero-order valence-corrected chi connectivity index (χ0v) is 13.0. The lowest BCUT2D eigenvalue weighted by molar-refractivity contribution is 0.292. The molecule has 1 saturated carbocycles. The Labute approximate surface area is 125 Å². The van der Waals surface area contributed by atoms with Crippen LogP contribution in [0.15, 0.2) is 29.6 Å². The van der Waals surface area contributed by atoms with Gasteiger partial charge in [-0.1, -0.05) is 29.8 Å². The molecular weight excluding hydrogens is 264 g/mol. The molecule has 2 nitrogen and oxygen atoms in total. The highest BCUT2D eigenvalue weighted by Gasteiger charge is 2.29. The highest BCUT2D eigenvalue weighted by atomic mass is 32.1. The van der Waals surface area contributed by atoms with Crippen molar-refractivity contribution in [3.05, 3.63) is 51.5 Å². The summed E-state index contributed by atoms with van der Waals surface area (Å²) in [6.45, 7) is 5.27. The van der Waals surface area contributed by atoms with Crippen LogP contribution in [0.25, 0.3) is 0 Å². The third-order valence-corrected chi connectivity index (χ3v) is 4.99. The molecule has 1 aromatic heterocycles. The molecule has 1 aliphatic rings. The van der Waals surface area contributed by atoms with Crippen LogP contribution in [0.3, 0.4) is 0 Å². The van der Waals surface area contributed by atoms with E-state index in [4.69, 9.17) is 0 Å². The fraction of sp³-hybridized carbons (Fsp3) is 0.471. The number of nitrogens with zero attached hydrogens (tertiary/aromatic N) is 1. The van der Waals surface area contributed by atoms with Gasteiger partial charge in [-0.3, -0.25) is 0 Å². The number of hydrogen-bond donors (Lipinski definition) is 1. The highest BCUT2D eigenvalue weighted by molar-refractivity contribution is 7.09. The van der Waals surface area contributed by atoms with E-state index < -0.39 is 0 Å². The van der Waals surface area contributed by atoms with E-state index >= 15 is 0 Å². The lowest BCUT2D eigenvalue weighted by Crippen LogP contribution is -2.40. The second kappa shape index (κ2) is 6.06. The molecule has 2 aromatic rings. The second-order valence-corrected chi connectivity index (χ2v) is 6.90. The number of thiazole rings is 1. The Bertz CT molecular complexity index is 553. The normalized spacial score (nSPS) is 21.7. The van der Waals surface area contributed by atoms with Crippen LogP contribution in [0.1, 0.15) is 40.6 Å². The summed E-state index contributed by atoms with van der Waals surface area (Å²) in [7, 11) is 0. The summed E-state index contributed by atoms with van der Waals surface area (Å²) in [5.41, 5.74) is 4.08. The van der Waals surface area contributed by atoms with Gasteiger partial charge in [-0.15, -0.1) is 11.3 Å². The van der Waals surface area contributed by atoms with Gasteiger partial charge in [0, 0.05) is 24.4 Å². The molecule has 0 atom stereocenters. The fourth-order valence-electron chi connectivity index (χ4n) is 2.82. The van der Waals surface area contributed by atoms with Gasteiger partial charge < -0.3 is 5.32 Å². The number of aryl methyl sites for hydroxylation is 2. The summed E-state index contributed by atoms with van der Waals surface area (Å²) in [5.74, 6) is 0.759. The topological polar surface area (TPSA) is 24.9 Å². The summed E-state index contributed by atoms with van der Waals surface area (Å²) >= 11 is 1.74. The first-order chi connectivity index (χ1) is 9.70. The summed E-state index contributed by atoms with van der Waals surface area (Å²) in [5, 5.41) is 7.00. The standard InChI is InChI=1S/C17H22N2S/c1-12-3-5-14(6-4-12)15-9-17(10-15)18-8-7-16-11-20-13(2)19-16/h3-6,11,15,17-18H,7-10H2,1-2H3. The van der Waals surface area contributed by atoms with E-state index in [0.29, 0.717) is 6.04 Å². The number of rotatable bonds is 5. The number of aromatic nitrogens is 1. The Morgan fingerprint density at radius 2 is 1.95 bits per heavy atom. The van der Waals surface area contributed by atoms with Crippen LogP contribution in [0.4, 0.5) is 0 Å². The van der Waals surface area contributed by atoms with Crippen molar-refractivity contribution in [2.24, 2.45) is 0 Å². The Morgan fingerprint density at radius 3 is 2.60 bits per heavy atom. The summed E-state index contributed by atoms with van der Waals surface area (Å²) < 4.78 is 0. The van der Waals surface area contributed by atoms with Crippen LogP contribution >= 0.6 is 11.3 Å². The van der Waals surface area contributed by atoms with E-state index in [-0.39, 0.29) is 0 Å². The van der Waals surface area contributed by atoms with Crippen molar-refractivity contribution in [2.75, 3.05) is 6.54 Å².